The molecule has 8 nitrogen and oxygen atoms in total. The highest BCUT2D eigenvalue weighted by Crippen LogP contribution is 2.38. The molecular formula is C20H18N6O2S. The third-order valence-corrected chi connectivity index (χ3v) is 5.72. The Hall–Kier alpha value is -3.33. The first-order chi connectivity index (χ1) is 14.2. The maximum atomic E-state index is 12.6. The molecule has 146 valence electrons. The number of nitrogens with one attached hydrogen (secondary N) is 1. The number of hydrogen-bond acceptors (Lipinski definition) is 7. The van der Waals surface area contributed by atoms with Crippen LogP contribution in [0.5, 0.6) is 5.75 Å². The summed E-state index contributed by atoms with van der Waals surface area (Å²) in [4.78, 5) is 17.2. The predicted molar refractivity (Wildman–Crippen MR) is 108 cm³/mol. The molecule has 1 N–H and O–H groups in total. The number of methoxy groups -OCH3 is 1. The van der Waals surface area contributed by atoms with Crippen LogP contribution in [0.25, 0.3) is 16.2 Å². The van der Waals surface area contributed by atoms with E-state index in [4.69, 9.17) is 4.74 Å². The van der Waals surface area contributed by atoms with E-state index in [1.807, 2.05) is 29.6 Å². The standard InChI is InChI=1S/C20H18N6O2S/c1-28-15-6-4-13(5-7-15)20-22-14(11-29-20)10-21-19(27)16-8-9-17-23-24-18(12-2-3-12)26(17)25-16/h4-9,11-12H,2-3,10H2,1H3,(H,21,27). The number of hydrogen-bond donors (Lipinski definition) is 1. The predicted octanol–water partition coefficient (Wildman–Crippen LogP) is 3.06. The second kappa shape index (κ2) is 7.25. The Balaban J connectivity index is 1.27. The first-order valence-electron chi connectivity index (χ1n) is 9.30. The van der Waals surface area contributed by atoms with Crippen LogP contribution >= 0.6 is 11.3 Å². The Morgan fingerprint density at radius 1 is 1.21 bits per heavy atom. The van der Waals surface area contributed by atoms with Gasteiger partial charge >= 0.3 is 0 Å². The van der Waals surface area contributed by atoms with E-state index in [0.717, 1.165) is 40.7 Å². The summed E-state index contributed by atoms with van der Waals surface area (Å²) in [6, 6.07) is 11.2. The van der Waals surface area contributed by atoms with E-state index in [-0.39, 0.29) is 5.91 Å². The molecule has 0 unspecified atom stereocenters. The molecule has 1 saturated carbocycles. The molecule has 4 aromatic rings. The summed E-state index contributed by atoms with van der Waals surface area (Å²) >= 11 is 1.54. The zero-order valence-corrected chi connectivity index (χ0v) is 16.5. The summed E-state index contributed by atoms with van der Waals surface area (Å²) in [7, 11) is 1.64. The first-order valence-corrected chi connectivity index (χ1v) is 10.2. The molecule has 1 fully saturated rings. The Kier molecular flexibility index (Phi) is 4.44. The lowest BCUT2D eigenvalue weighted by atomic mass is 10.2. The van der Waals surface area contributed by atoms with E-state index in [0.29, 0.717) is 23.8 Å². The second-order valence-corrected chi connectivity index (χ2v) is 7.73. The summed E-state index contributed by atoms with van der Waals surface area (Å²) in [5.41, 5.74) is 2.82. The Labute approximate surface area is 170 Å². The van der Waals surface area contributed by atoms with E-state index in [9.17, 15) is 4.79 Å². The van der Waals surface area contributed by atoms with Gasteiger partial charge in [0.2, 0.25) is 0 Å². The number of aromatic nitrogens is 5. The quantitative estimate of drug-likeness (QED) is 0.529. The molecule has 1 aromatic carbocycles. The van der Waals surface area contributed by atoms with Crippen molar-refractivity contribution in [3.8, 4) is 16.3 Å². The topological polar surface area (TPSA) is 94.3 Å². The van der Waals surface area contributed by atoms with Crippen molar-refractivity contribution in [2.75, 3.05) is 7.11 Å². The minimum absolute atomic E-state index is 0.249. The fourth-order valence-corrected chi connectivity index (χ4v) is 3.86. The molecule has 0 saturated heterocycles. The van der Waals surface area contributed by atoms with Gasteiger partial charge in [0.15, 0.2) is 11.5 Å². The summed E-state index contributed by atoms with van der Waals surface area (Å²) < 4.78 is 6.86. The molecule has 29 heavy (non-hydrogen) atoms. The highest BCUT2D eigenvalue weighted by atomic mass is 32.1. The maximum absolute atomic E-state index is 12.6. The molecule has 9 heteroatoms. The zero-order valence-electron chi connectivity index (χ0n) is 15.7. The van der Waals surface area contributed by atoms with Crippen molar-refractivity contribution < 1.29 is 9.53 Å². The fourth-order valence-electron chi connectivity index (χ4n) is 3.04. The Bertz CT molecular complexity index is 1180. The number of amides is 1. The van der Waals surface area contributed by atoms with Gasteiger partial charge in [-0.3, -0.25) is 4.79 Å². The fraction of sp³-hybridized carbons (Fsp3) is 0.250. The minimum Gasteiger partial charge on any atom is -0.497 e. The molecule has 5 rings (SSSR count). The highest BCUT2D eigenvalue weighted by molar-refractivity contribution is 7.13. The number of fused-ring (bicyclic) bond motifs is 1. The van der Waals surface area contributed by atoms with Crippen molar-refractivity contribution in [3.63, 3.8) is 0 Å². The molecule has 3 aromatic heterocycles. The van der Waals surface area contributed by atoms with Crippen LogP contribution in [0.3, 0.4) is 0 Å². The third-order valence-electron chi connectivity index (χ3n) is 4.78. The number of carbonyl (C=O) groups excluding carboxylic acids is 1. The third kappa shape index (κ3) is 3.56. The molecule has 3 heterocycles. The monoisotopic (exact) mass is 406 g/mol. The van der Waals surface area contributed by atoms with Gasteiger partial charge in [0, 0.05) is 16.9 Å². The highest BCUT2D eigenvalue weighted by Gasteiger charge is 2.29. The van der Waals surface area contributed by atoms with Gasteiger partial charge in [-0.2, -0.15) is 9.61 Å². The Morgan fingerprint density at radius 2 is 2.03 bits per heavy atom. The van der Waals surface area contributed by atoms with Crippen LogP contribution in [0.1, 0.15) is 40.8 Å². The molecule has 0 atom stereocenters. The van der Waals surface area contributed by atoms with Crippen LogP contribution in [0, 0.1) is 0 Å². The van der Waals surface area contributed by atoms with Crippen molar-refractivity contribution in [2.45, 2.75) is 25.3 Å². The first kappa shape index (κ1) is 17.7. The van der Waals surface area contributed by atoms with Gasteiger partial charge in [0.1, 0.15) is 16.5 Å². The van der Waals surface area contributed by atoms with Gasteiger partial charge in [0.25, 0.3) is 5.91 Å². The maximum Gasteiger partial charge on any atom is 0.272 e. The number of benzene rings is 1. The second-order valence-electron chi connectivity index (χ2n) is 6.88. The molecule has 1 aliphatic carbocycles. The zero-order chi connectivity index (χ0) is 19.8. The average Bonchev–Trinajstić information content (AvgIpc) is 3.34. The van der Waals surface area contributed by atoms with Crippen LogP contribution in [0.15, 0.2) is 41.8 Å². The normalized spacial score (nSPS) is 13.6. The molecule has 0 radical (unpaired) electrons. The van der Waals surface area contributed by atoms with Crippen LogP contribution in [0.2, 0.25) is 0 Å². The van der Waals surface area contributed by atoms with Crippen LogP contribution in [0.4, 0.5) is 0 Å². The van der Waals surface area contributed by atoms with Crippen LogP contribution in [-0.4, -0.2) is 37.8 Å². The number of ether oxygens (including phenoxy) is 1. The Morgan fingerprint density at radius 3 is 2.79 bits per heavy atom. The largest absolute Gasteiger partial charge is 0.497 e. The SMILES string of the molecule is COc1ccc(-c2nc(CNC(=O)c3ccc4nnc(C5CC5)n4n3)cs2)cc1. The van der Waals surface area contributed by atoms with E-state index in [2.05, 4.69) is 25.6 Å². The van der Waals surface area contributed by atoms with Gasteiger partial charge in [-0.05, 0) is 49.2 Å². The summed E-state index contributed by atoms with van der Waals surface area (Å²) in [5, 5.41) is 18.5. The van der Waals surface area contributed by atoms with Crippen molar-refractivity contribution >= 4 is 22.9 Å². The summed E-state index contributed by atoms with van der Waals surface area (Å²) in [6.07, 6.45) is 2.19. The molecule has 0 spiro atoms. The van der Waals surface area contributed by atoms with Gasteiger partial charge in [-0.15, -0.1) is 21.5 Å². The number of rotatable bonds is 6. The lowest BCUT2D eigenvalue weighted by Gasteiger charge is -2.04. The van der Waals surface area contributed by atoms with Crippen LogP contribution < -0.4 is 10.1 Å². The molecular weight excluding hydrogens is 388 g/mol. The molecule has 0 bridgehead atoms. The van der Waals surface area contributed by atoms with E-state index in [1.54, 1.807) is 23.8 Å². The summed E-state index contributed by atoms with van der Waals surface area (Å²) in [5.74, 6) is 1.79. The van der Waals surface area contributed by atoms with E-state index in [1.165, 1.54) is 11.3 Å². The molecule has 1 aliphatic rings. The lowest BCUT2D eigenvalue weighted by Crippen LogP contribution is -2.24. The van der Waals surface area contributed by atoms with Crippen molar-refractivity contribution in [1.29, 1.82) is 0 Å². The van der Waals surface area contributed by atoms with Crippen molar-refractivity contribution in [2.24, 2.45) is 0 Å². The number of carbonyl (C=O) groups is 1. The number of nitrogens with zero attached hydrogens (tertiary/aromatic N) is 5. The van der Waals surface area contributed by atoms with Crippen molar-refractivity contribution in [3.05, 3.63) is 59.0 Å². The molecule has 0 aliphatic heterocycles. The minimum atomic E-state index is -0.249. The van der Waals surface area contributed by atoms with Gasteiger partial charge in [-0.25, -0.2) is 4.98 Å². The van der Waals surface area contributed by atoms with Gasteiger partial charge < -0.3 is 10.1 Å². The number of thiazole rings is 1. The smallest absolute Gasteiger partial charge is 0.272 e. The van der Waals surface area contributed by atoms with Crippen molar-refractivity contribution in [1.82, 2.24) is 30.1 Å². The van der Waals surface area contributed by atoms with Crippen LogP contribution in [-0.2, 0) is 6.54 Å². The summed E-state index contributed by atoms with van der Waals surface area (Å²) in [6.45, 7) is 0.336. The van der Waals surface area contributed by atoms with Gasteiger partial charge in [-0.1, -0.05) is 0 Å². The van der Waals surface area contributed by atoms with Gasteiger partial charge in [0.05, 0.1) is 19.3 Å². The lowest BCUT2D eigenvalue weighted by molar-refractivity contribution is 0.0944. The van der Waals surface area contributed by atoms with E-state index >= 15 is 0 Å². The average molecular weight is 406 g/mol. The molecule has 1 amide bonds. The van der Waals surface area contributed by atoms with E-state index < -0.39 is 0 Å².